The lowest BCUT2D eigenvalue weighted by Crippen LogP contribution is -2.28. The summed E-state index contributed by atoms with van der Waals surface area (Å²) in [6, 6.07) is 19.1. The van der Waals surface area contributed by atoms with Crippen molar-refractivity contribution in [1.82, 2.24) is 20.1 Å². The maximum Gasteiger partial charge on any atom is 0.230 e. The van der Waals surface area contributed by atoms with E-state index >= 15 is 0 Å². The molecule has 0 spiro atoms. The first-order valence-corrected chi connectivity index (χ1v) is 12.0. The molecule has 5 nitrogen and oxygen atoms in total. The number of nitrogens with zero attached hydrogens (tertiary/aromatic N) is 3. The maximum atomic E-state index is 12.6. The van der Waals surface area contributed by atoms with E-state index in [1.165, 1.54) is 22.5 Å². The molecular formula is C23H22N4OS2. The van der Waals surface area contributed by atoms with Crippen molar-refractivity contribution in [2.45, 2.75) is 37.0 Å². The van der Waals surface area contributed by atoms with E-state index < -0.39 is 0 Å². The molecule has 1 aliphatic rings. The first-order chi connectivity index (χ1) is 14.7. The van der Waals surface area contributed by atoms with Gasteiger partial charge in [0.15, 0.2) is 11.0 Å². The van der Waals surface area contributed by atoms with Crippen LogP contribution in [0.1, 0.15) is 37.4 Å². The Kier molecular flexibility index (Phi) is 5.31. The van der Waals surface area contributed by atoms with Crippen LogP contribution in [0, 0.1) is 0 Å². The summed E-state index contributed by atoms with van der Waals surface area (Å²) in [5.74, 6) is 1.25. The van der Waals surface area contributed by atoms with Gasteiger partial charge in [0.25, 0.3) is 0 Å². The molecule has 0 bridgehead atoms. The van der Waals surface area contributed by atoms with Crippen molar-refractivity contribution in [1.29, 1.82) is 0 Å². The summed E-state index contributed by atoms with van der Waals surface area (Å²) in [5.41, 5.74) is 1.10. The Bertz CT molecular complexity index is 1180. The van der Waals surface area contributed by atoms with Gasteiger partial charge in [-0.15, -0.1) is 21.5 Å². The van der Waals surface area contributed by atoms with Crippen LogP contribution in [0.2, 0.25) is 0 Å². The molecule has 1 amide bonds. The molecule has 5 rings (SSSR count). The van der Waals surface area contributed by atoms with E-state index in [4.69, 9.17) is 0 Å². The number of hydrogen-bond donors (Lipinski definition) is 1. The molecule has 1 fully saturated rings. The Labute approximate surface area is 183 Å². The third-order valence-corrected chi connectivity index (χ3v) is 7.11. The first-order valence-electron chi connectivity index (χ1n) is 10.1. The maximum absolute atomic E-state index is 12.6. The van der Waals surface area contributed by atoms with Crippen LogP contribution in [-0.4, -0.2) is 26.4 Å². The highest BCUT2D eigenvalue weighted by atomic mass is 32.2. The number of amides is 1. The molecule has 4 aromatic rings. The fourth-order valence-corrected chi connectivity index (χ4v) is 5.11. The van der Waals surface area contributed by atoms with Gasteiger partial charge < -0.3 is 5.32 Å². The van der Waals surface area contributed by atoms with Crippen molar-refractivity contribution in [3.63, 3.8) is 0 Å². The van der Waals surface area contributed by atoms with Gasteiger partial charge in [-0.25, -0.2) is 0 Å². The second kappa shape index (κ2) is 8.24. The Morgan fingerprint density at radius 1 is 1.17 bits per heavy atom. The zero-order valence-corrected chi connectivity index (χ0v) is 18.2. The average molecular weight is 435 g/mol. The van der Waals surface area contributed by atoms with Crippen LogP contribution in [-0.2, 0) is 4.79 Å². The predicted molar refractivity (Wildman–Crippen MR) is 123 cm³/mol. The van der Waals surface area contributed by atoms with Crippen LogP contribution in [0.25, 0.3) is 21.5 Å². The van der Waals surface area contributed by atoms with Gasteiger partial charge in [0.05, 0.1) is 16.7 Å². The third kappa shape index (κ3) is 4.00. The number of thioether (sulfide) groups is 1. The zero-order valence-electron chi connectivity index (χ0n) is 16.6. The lowest BCUT2D eigenvalue weighted by Gasteiger charge is -2.15. The molecule has 2 aromatic carbocycles. The van der Waals surface area contributed by atoms with Gasteiger partial charge in [0, 0.05) is 6.04 Å². The molecule has 1 saturated carbocycles. The van der Waals surface area contributed by atoms with Crippen LogP contribution >= 0.6 is 23.1 Å². The van der Waals surface area contributed by atoms with Gasteiger partial charge >= 0.3 is 0 Å². The van der Waals surface area contributed by atoms with Gasteiger partial charge in [-0.05, 0) is 53.6 Å². The minimum Gasteiger partial charge on any atom is -0.349 e. The van der Waals surface area contributed by atoms with Gasteiger partial charge in [0.2, 0.25) is 5.91 Å². The molecule has 0 aliphatic heterocycles. The van der Waals surface area contributed by atoms with Crippen molar-refractivity contribution < 1.29 is 4.79 Å². The third-order valence-electron chi connectivity index (χ3n) is 5.30. The van der Waals surface area contributed by atoms with Crippen molar-refractivity contribution >= 4 is 39.8 Å². The molecule has 1 aliphatic carbocycles. The van der Waals surface area contributed by atoms with E-state index in [0.717, 1.165) is 34.3 Å². The van der Waals surface area contributed by atoms with Gasteiger partial charge in [-0.3, -0.25) is 9.36 Å². The number of fused-ring (bicyclic) bond motifs is 1. The van der Waals surface area contributed by atoms with E-state index in [0.29, 0.717) is 11.8 Å². The van der Waals surface area contributed by atoms with Gasteiger partial charge in [0.1, 0.15) is 0 Å². The predicted octanol–water partition coefficient (Wildman–Crippen LogP) is 5.46. The second-order valence-corrected chi connectivity index (χ2v) is 9.46. The summed E-state index contributed by atoms with van der Waals surface area (Å²) in [6.45, 7) is 2.02. The molecular weight excluding hydrogens is 412 g/mol. The van der Waals surface area contributed by atoms with Crippen molar-refractivity contribution in [3.05, 3.63) is 65.5 Å². The summed E-state index contributed by atoms with van der Waals surface area (Å²) < 4.78 is 2.20. The van der Waals surface area contributed by atoms with Crippen molar-refractivity contribution in [3.8, 4) is 10.7 Å². The fraction of sp³-hybridized carbons (Fsp3) is 0.261. The summed E-state index contributed by atoms with van der Waals surface area (Å²) in [6.07, 6.45) is 2.30. The molecule has 2 heterocycles. The number of thiophene rings is 1. The normalized spacial score (nSPS) is 14.7. The van der Waals surface area contributed by atoms with E-state index in [2.05, 4.69) is 61.9 Å². The number of rotatable bonds is 7. The summed E-state index contributed by atoms with van der Waals surface area (Å²) in [5, 5.41) is 17.2. The van der Waals surface area contributed by atoms with Gasteiger partial charge in [-0.2, -0.15) is 0 Å². The van der Waals surface area contributed by atoms with Crippen molar-refractivity contribution in [2.24, 2.45) is 0 Å². The number of aromatic nitrogens is 3. The quantitative estimate of drug-likeness (QED) is 0.392. The standard InChI is InChI=1S/C23H22N4OS2/c1-15(17-9-8-16-5-2-3-6-18(16)13-17)24-21(28)14-30-23-26-25-22(20-7-4-12-29-20)27(23)19-10-11-19/h2-9,12-13,15,19H,10-11,14H2,1H3,(H,24,28)/t15-/m1/s1. The summed E-state index contributed by atoms with van der Waals surface area (Å²) >= 11 is 3.13. The minimum atomic E-state index is -0.0503. The lowest BCUT2D eigenvalue weighted by molar-refractivity contribution is -0.119. The molecule has 1 atom stereocenters. The number of carbonyl (C=O) groups is 1. The second-order valence-electron chi connectivity index (χ2n) is 7.57. The molecule has 2 aromatic heterocycles. The largest absolute Gasteiger partial charge is 0.349 e. The Morgan fingerprint density at radius 3 is 2.77 bits per heavy atom. The molecule has 0 saturated heterocycles. The van der Waals surface area contributed by atoms with E-state index in [1.54, 1.807) is 11.3 Å². The molecule has 0 unspecified atom stereocenters. The van der Waals surface area contributed by atoms with Crippen LogP contribution in [0.5, 0.6) is 0 Å². The molecule has 30 heavy (non-hydrogen) atoms. The topological polar surface area (TPSA) is 59.8 Å². The summed E-state index contributed by atoms with van der Waals surface area (Å²) in [4.78, 5) is 13.7. The molecule has 7 heteroatoms. The Morgan fingerprint density at radius 2 is 2.00 bits per heavy atom. The molecule has 152 valence electrons. The number of benzene rings is 2. The fourth-order valence-electron chi connectivity index (χ4n) is 3.58. The number of nitrogens with one attached hydrogen (secondary N) is 1. The highest BCUT2D eigenvalue weighted by Gasteiger charge is 2.30. The van der Waals surface area contributed by atoms with Crippen molar-refractivity contribution in [2.75, 3.05) is 5.75 Å². The lowest BCUT2D eigenvalue weighted by atomic mass is 10.0. The van der Waals surface area contributed by atoms with E-state index in [9.17, 15) is 4.79 Å². The average Bonchev–Trinajstić information content (AvgIpc) is 3.28. The number of hydrogen-bond acceptors (Lipinski definition) is 5. The van der Waals surface area contributed by atoms with E-state index in [1.807, 2.05) is 25.1 Å². The Hall–Kier alpha value is -2.64. The zero-order chi connectivity index (χ0) is 20.5. The molecule has 0 radical (unpaired) electrons. The highest BCUT2D eigenvalue weighted by Crippen LogP contribution is 2.41. The van der Waals surface area contributed by atoms with Crippen LogP contribution in [0.15, 0.2) is 65.1 Å². The number of carbonyl (C=O) groups excluding carboxylic acids is 1. The monoisotopic (exact) mass is 434 g/mol. The molecule has 1 N–H and O–H groups in total. The Balaban J connectivity index is 1.25. The van der Waals surface area contributed by atoms with Gasteiger partial charge in [-0.1, -0.05) is 54.2 Å². The van der Waals surface area contributed by atoms with Crippen LogP contribution < -0.4 is 5.32 Å². The minimum absolute atomic E-state index is 0.00341. The van der Waals surface area contributed by atoms with Crippen LogP contribution in [0.4, 0.5) is 0 Å². The van der Waals surface area contributed by atoms with E-state index in [-0.39, 0.29) is 11.9 Å². The first kappa shape index (κ1) is 19.3. The smallest absolute Gasteiger partial charge is 0.230 e. The highest BCUT2D eigenvalue weighted by molar-refractivity contribution is 7.99. The van der Waals surface area contributed by atoms with Crippen LogP contribution in [0.3, 0.4) is 0 Å². The SMILES string of the molecule is C[C@@H](NC(=O)CSc1nnc(-c2cccs2)n1C1CC1)c1ccc2ccccc2c1. The summed E-state index contributed by atoms with van der Waals surface area (Å²) in [7, 11) is 0.